The van der Waals surface area contributed by atoms with E-state index in [-0.39, 0.29) is 24.4 Å². The zero-order valence-electron chi connectivity index (χ0n) is 22.8. The molecule has 0 unspecified atom stereocenters. The van der Waals surface area contributed by atoms with Crippen LogP contribution in [0.4, 0.5) is 0 Å². The van der Waals surface area contributed by atoms with E-state index in [0.29, 0.717) is 58.4 Å². The Hall–Kier alpha value is -4.13. The van der Waals surface area contributed by atoms with Crippen LogP contribution >= 0.6 is 12.4 Å². The van der Waals surface area contributed by atoms with Gasteiger partial charge in [-0.25, -0.2) is 0 Å². The number of amides is 1. The average molecular weight is 575 g/mol. The largest absolute Gasteiger partial charge is 0.496 e. The van der Waals surface area contributed by atoms with E-state index in [9.17, 15) is 10.1 Å². The topological polar surface area (TPSA) is 111 Å². The summed E-state index contributed by atoms with van der Waals surface area (Å²) in [6.07, 6.45) is 8.14. The first-order valence-corrected chi connectivity index (χ1v) is 13.7. The van der Waals surface area contributed by atoms with E-state index in [4.69, 9.17) is 18.6 Å². The first kappa shape index (κ1) is 28.4. The number of fused-ring (bicyclic) bond motifs is 1. The Morgan fingerprint density at radius 2 is 1.83 bits per heavy atom. The lowest BCUT2D eigenvalue weighted by atomic mass is 10.0. The second-order valence-corrected chi connectivity index (χ2v) is 10.1. The highest BCUT2D eigenvalue weighted by molar-refractivity contribution is 5.95. The average Bonchev–Trinajstić information content (AvgIpc) is 3.46. The number of piperidine rings is 1. The number of carbonyl (C=O) groups excluding carboxylic acids is 1. The van der Waals surface area contributed by atoms with Crippen LogP contribution in [-0.4, -0.2) is 60.3 Å². The summed E-state index contributed by atoms with van der Waals surface area (Å²) in [7, 11) is 1.56. The molecule has 2 aliphatic heterocycles. The number of aromatic nitrogens is 2. The van der Waals surface area contributed by atoms with Crippen LogP contribution in [0.25, 0.3) is 33.6 Å². The van der Waals surface area contributed by atoms with Crippen molar-refractivity contribution in [3.63, 3.8) is 0 Å². The second kappa shape index (κ2) is 12.6. The summed E-state index contributed by atoms with van der Waals surface area (Å²) in [6.45, 7) is 2.83. The molecule has 0 aliphatic carbocycles. The third-order valence-corrected chi connectivity index (χ3v) is 7.50. The number of hydrogen-bond acceptors (Lipinski definition) is 8. The van der Waals surface area contributed by atoms with Crippen LogP contribution in [0, 0.1) is 11.3 Å². The zero-order chi connectivity index (χ0) is 27.5. The molecule has 5 heterocycles. The fourth-order valence-electron chi connectivity index (χ4n) is 5.33. The Kier molecular flexibility index (Phi) is 8.72. The number of halogens is 1. The van der Waals surface area contributed by atoms with E-state index in [1.807, 2.05) is 35.2 Å². The van der Waals surface area contributed by atoms with Crippen LogP contribution < -0.4 is 9.47 Å². The molecule has 1 amide bonds. The van der Waals surface area contributed by atoms with Crippen molar-refractivity contribution < 1.29 is 23.4 Å². The van der Waals surface area contributed by atoms with Crippen LogP contribution in [0.5, 0.6) is 11.5 Å². The zero-order valence-corrected chi connectivity index (χ0v) is 23.6. The molecule has 2 fully saturated rings. The van der Waals surface area contributed by atoms with Gasteiger partial charge >= 0.3 is 0 Å². The van der Waals surface area contributed by atoms with Crippen LogP contribution in [0.2, 0.25) is 0 Å². The van der Waals surface area contributed by atoms with Crippen molar-refractivity contribution in [3.05, 3.63) is 60.0 Å². The highest BCUT2D eigenvalue weighted by Crippen LogP contribution is 2.38. The van der Waals surface area contributed by atoms with Gasteiger partial charge in [0.05, 0.1) is 31.5 Å². The van der Waals surface area contributed by atoms with Gasteiger partial charge in [0, 0.05) is 56.0 Å². The number of rotatable bonds is 6. The minimum atomic E-state index is -0.0874. The van der Waals surface area contributed by atoms with E-state index in [1.54, 1.807) is 25.6 Å². The molecule has 4 aromatic rings. The van der Waals surface area contributed by atoms with E-state index >= 15 is 0 Å². The van der Waals surface area contributed by atoms with Gasteiger partial charge in [-0.15, -0.1) is 12.4 Å². The third kappa shape index (κ3) is 5.85. The summed E-state index contributed by atoms with van der Waals surface area (Å²) in [5, 5.41) is 9.85. The van der Waals surface area contributed by atoms with Crippen LogP contribution in [0.1, 0.15) is 48.2 Å². The normalized spacial score (nSPS) is 15.7. The fraction of sp³-hybridized carbons (Fsp3) is 0.355. The van der Waals surface area contributed by atoms with E-state index in [0.717, 1.165) is 56.3 Å². The Bertz CT molecular complexity index is 1590. The van der Waals surface area contributed by atoms with E-state index in [1.165, 1.54) is 0 Å². The van der Waals surface area contributed by atoms with Crippen LogP contribution in [0.3, 0.4) is 0 Å². The van der Waals surface area contributed by atoms with E-state index in [2.05, 4.69) is 16.0 Å². The highest BCUT2D eigenvalue weighted by atomic mass is 35.5. The quantitative estimate of drug-likeness (QED) is 0.274. The summed E-state index contributed by atoms with van der Waals surface area (Å²) >= 11 is 0. The van der Waals surface area contributed by atoms with Gasteiger partial charge in [-0.3, -0.25) is 14.8 Å². The first-order chi connectivity index (χ1) is 19.6. The van der Waals surface area contributed by atoms with Crippen molar-refractivity contribution in [2.24, 2.45) is 0 Å². The fourth-order valence-corrected chi connectivity index (χ4v) is 5.33. The number of methoxy groups -OCH3 is 1. The smallest absolute Gasteiger partial charge is 0.272 e. The molecule has 212 valence electrons. The maximum atomic E-state index is 13.0. The molecular formula is C31H31ClN4O5. The van der Waals surface area contributed by atoms with Gasteiger partial charge in [0.1, 0.15) is 40.6 Å². The molecule has 2 aliphatic rings. The summed E-state index contributed by atoms with van der Waals surface area (Å²) in [4.78, 5) is 23.8. The Labute approximate surface area is 244 Å². The molecule has 0 bridgehead atoms. The molecule has 3 aromatic heterocycles. The second-order valence-electron chi connectivity index (χ2n) is 10.1. The van der Waals surface area contributed by atoms with Gasteiger partial charge in [-0.05, 0) is 43.0 Å². The summed E-state index contributed by atoms with van der Waals surface area (Å²) in [5.41, 5.74) is 4.29. The number of nitriles is 1. The van der Waals surface area contributed by atoms with Gasteiger partial charge in [0.2, 0.25) is 0 Å². The van der Waals surface area contributed by atoms with Gasteiger partial charge in [-0.2, -0.15) is 5.26 Å². The van der Waals surface area contributed by atoms with Gasteiger partial charge in [-0.1, -0.05) is 6.07 Å². The maximum Gasteiger partial charge on any atom is 0.272 e. The third-order valence-electron chi connectivity index (χ3n) is 7.50. The maximum absolute atomic E-state index is 13.0. The number of likely N-dealkylation sites (tertiary alicyclic amines) is 1. The first-order valence-electron chi connectivity index (χ1n) is 13.7. The number of nitrogens with zero attached hydrogens (tertiary/aromatic N) is 4. The number of furan rings is 1. The summed E-state index contributed by atoms with van der Waals surface area (Å²) < 4.78 is 23.5. The van der Waals surface area contributed by atoms with Crippen molar-refractivity contribution in [2.75, 3.05) is 33.4 Å². The number of hydrogen-bond donors (Lipinski definition) is 0. The standard InChI is InChI=1S/C31H30N4O5.ClH/c1-37-28-17-26(31(36)35-11-3-2-4-12-35)34-19-24(28)29-16-25-30(40-29)23(7-10-33-25)20-5-6-27(21(15-20)18-32)39-22-8-13-38-14-9-22;/h5-7,10,15-17,19,22H,2-4,8-9,11-14H2,1H3;1H. The molecule has 10 heteroatoms. The molecule has 0 spiro atoms. The molecule has 9 nitrogen and oxygen atoms in total. The Balaban J connectivity index is 0.00000337. The lowest BCUT2D eigenvalue weighted by Crippen LogP contribution is -2.36. The summed E-state index contributed by atoms with van der Waals surface area (Å²) in [6, 6.07) is 13.2. The molecule has 41 heavy (non-hydrogen) atoms. The minimum absolute atomic E-state index is 0. The Morgan fingerprint density at radius 3 is 2.59 bits per heavy atom. The number of pyridine rings is 2. The highest BCUT2D eigenvalue weighted by Gasteiger charge is 2.23. The molecule has 0 atom stereocenters. The van der Waals surface area contributed by atoms with Crippen LogP contribution in [-0.2, 0) is 4.74 Å². The number of benzene rings is 1. The van der Waals surface area contributed by atoms with Crippen molar-refractivity contribution in [2.45, 2.75) is 38.2 Å². The molecule has 1 aromatic carbocycles. The van der Waals surface area contributed by atoms with Gasteiger partial charge in [0.15, 0.2) is 5.58 Å². The van der Waals surface area contributed by atoms with Crippen molar-refractivity contribution in [1.82, 2.24) is 14.9 Å². The van der Waals surface area contributed by atoms with Crippen molar-refractivity contribution in [1.29, 1.82) is 5.26 Å². The summed E-state index contributed by atoms with van der Waals surface area (Å²) in [5.74, 6) is 1.50. The monoisotopic (exact) mass is 574 g/mol. The lowest BCUT2D eigenvalue weighted by Gasteiger charge is -2.26. The molecular weight excluding hydrogens is 544 g/mol. The van der Waals surface area contributed by atoms with Crippen LogP contribution in [0.15, 0.2) is 53.2 Å². The predicted octanol–water partition coefficient (Wildman–Crippen LogP) is 6.04. The molecule has 6 rings (SSSR count). The predicted molar refractivity (Wildman–Crippen MR) is 155 cm³/mol. The number of carbonyl (C=O) groups is 1. The molecule has 0 radical (unpaired) electrons. The SMILES string of the molecule is COc1cc(C(=O)N2CCCCC2)ncc1-c1cc2nccc(-c3ccc(OC4CCOCC4)c(C#N)c3)c2o1.Cl. The molecule has 2 saturated heterocycles. The molecule has 0 saturated carbocycles. The van der Waals surface area contributed by atoms with Crippen molar-refractivity contribution >= 4 is 29.4 Å². The lowest BCUT2D eigenvalue weighted by molar-refractivity contribution is 0.0254. The minimum Gasteiger partial charge on any atom is -0.496 e. The van der Waals surface area contributed by atoms with E-state index < -0.39 is 0 Å². The van der Waals surface area contributed by atoms with Gasteiger partial charge in [0.25, 0.3) is 5.91 Å². The number of ether oxygens (including phenoxy) is 3. The Morgan fingerprint density at radius 1 is 1.02 bits per heavy atom. The molecule has 0 N–H and O–H groups in total. The van der Waals surface area contributed by atoms with Crippen molar-refractivity contribution in [3.8, 4) is 40.0 Å². The van der Waals surface area contributed by atoms with Gasteiger partial charge < -0.3 is 23.5 Å².